The molecule has 1 atom stereocenters. The van der Waals surface area contributed by atoms with Gasteiger partial charge >= 0.3 is 6.03 Å². The molecule has 0 aromatic carbocycles. The van der Waals surface area contributed by atoms with Crippen LogP contribution in [0, 0.1) is 0 Å². The quantitative estimate of drug-likeness (QED) is 0.846. The highest BCUT2D eigenvalue weighted by molar-refractivity contribution is 5.90. The van der Waals surface area contributed by atoms with Gasteiger partial charge in [-0.2, -0.15) is 5.10 Å². The standard InChI is InChI=1S/C12H16N6O2/c1-9(6-18-8-13-7-15-18)16-12(19)17-10-4-3-5-14-11(10)20-2/h3-5,7-9H,6H2,1-2H3,(H2,16,17,19)/t9-/m1/s1. The van der Waals surface area contributed by atoms with Crippen molar-refractivity contribution < 1.29 is 9.53 Å². The SMILES string of the molecule is COc1ncccc1NC(=O)N[C@H](C)Cn1cncn1. The number of carbonyl (C=O) groups is 1. The van der Waals surface area contributed by atoms with Crippen LogP contribution >= 0.6 is 0 Å². The van der Waals surface area contributed by atoms with Gasteiger partial charge in [-0.05, 0) is 19.1 Å². The molecule has 8 heteroatoms. The molecule has 0 fully saturated rings. The summed E-state index contributed by atoms with van der Waals surface area (Å²) in [5.74, 6) is 0.367. The first-order chi connectivity index (χ1) is 9.69. The maximum absolute atomic E-state index is 11.9. The van der Waals surface area contributed by atoms with Crippen LogP contribution in [0.4, 0.5) is 10.5 Å². The zero-order valence-corrected chi connectivity index (χ0v) is 11.3. The average molecular weight is 276 g/mol. The molecule has 0 saturated heterocycles. The Bertz CT molecular complexity index is 557. The Morgan fingerprint density at radius 1 is 1.55 bits per heavy atom. The molecule has 2 N–H and O–H groups in total. The Kier molecular flexibility index (Phi) is 4.48. The second-order valence-corrected chi connectivity index (χ2v) is 4.18. The molecule has 0 aliphatic rings. The van der Waals surface area contributed by atoms with Gasteiger partial charge < -0.3 is 15.4 Å². The molecule has 2 aromatic rings. The molecule has 0 spiro atoms. The number of carbonyl (C=O) groups excluding carboxylic acids is 1. The fourth-order valence-electron chi connectivity index (χ4n) is 1.68. The lowest BCUT2D eigenvalue weighted by atomic mass is 10.3. The molecule has 0 saturated carbocycles. The molecule has 20 heavy (non-hydrogen) atoms. The third-order valence-corrected chi connectivity index (χ3v) is 2.52. The highest BCUT2D eigenvalue weighted by atomic mass is 16.5. The van der Waals surface area contributed by atoms with Crippen LogP contribution < -0.4 is 15.4 Å². The van der Waals surface area contributed by atoms with Crippen molar-refractivity contribution >= 4 is 11.7 Å². The van der Waals surface area contributed by atoms with Crippen molar-refractivity contribution in [1.82, 2.24) is 25.1 Å². The Morgan fingerprint density at radius 3 is 3.10 bits per heavy atom. The molecule has 106 valence electrons. The van der Waals surface area contributed by atoms with E-state index in [1.807, 2.05) is 6.92 Å². The zero-order valence-electron chi connectivity index (χ0n) is 11.3. The van der Waals surface area contributed by atoms with Gasteiger partial charge in [0.15, 0.2) is 0 Å². The number of anilines is 1. The smallest absolute Gasteiger partial charge is 0.319 e. The molecule has 2 aromatic heterocycles. The van der Waals surface area contributed by atoms with Crippen LogP contribution in [-0.2, 0) is 6.54 Å². The lowest BCUT2D eigenvalue weighted by Crippen LogP contribution is -2.38. The molecule has 2 rings (SSSR count). The number of amides is 2. The van der Waals surface area contributed by atoms with Gasteiger partial charge in [0.2, 0.25) is 5.88 Å². The van der Waals surface area contributed by atoms with Gasteiger partial charge in [0.25, 0.3) is 0 Å². The first-order valence-electron chi connectivity index (χ1n) is 6.08. The number of hydrogen-bond acceptors (Lipinski definition) is 5. The van der Waals surface area contributed by atoms with Gasteiger partial charge in [-0.15, -0.1) is 0 Å². The highest BCUT2D eigenvalue weighted by Gasteiger charge is 2.11. The van der Waals surface area contributed by atoms with E-state index in [0.29, 0.717) is 18.1 Å². The number of nitrogens with zero attached hydrogens (tertiary/aromatic N) is 4. The number of aromatic nitrogens is 4. The molecule has 8 nitrogen and oxygen atoms in total. The molecule has 2 heterocycles. The topological polar surface area (TPSA) is 94.0 Å². The number of pyridine rings is 1. The Hall–Kier alpha value is -2.64. The van der Waals surface area contributed by atoms with Crippen LogP contribution in [0.15, 0.2) is 31.0 Å². The number of ether oxygens (including phenoxy) is 1. The molecule has 0 unspecified atom stereocenters. The van der Waals surface area contributed by atoms with Gasteiger partial charge in [-0.1, -0.05) is 0 Å². The first kappa shape index (κ1) is 13.8. The summed E-state index contributed by atoms with van der Waals surface area (Å²) in [6.45, 7) is 2.42. The van der Waals surface area contributed by atoms with Gasteiger partial charge in [0, 0.05) is 12.2 Å². The fourth-order valence-corrected chi connectivity index (χ4v) is 1.68. The summed E-state index contributed by atoms with van der Waals surface area (Å²) in [5.41, 5.74) is 0.514. The van der Waals surface area contributed by atoms with E-state index >= 15 is 0 Å². The molecule has 0 aliphatic heterocycles. The summed E-state index contributed by atoms with van der Waals surface area (Å²) in [6.07, 6.45) is 4.64. The van der Waals surface area contributed by atoms with Crippen LogP contribution in [0.5, 0.6) is 5.88 Å². The normalized spacial score (nSPS) is 11.7. The van der Waals surface area contributed by atoms with E-state index in [1.165, 1.54) is 13.4 Å². The Labute approximate surface area is 116 Å². The van der Waals surface area contributed by atoms with Gasteiger partial charge in [0.05, 0.1) is 13.7 Å². The van der Waals surface area contributed by atoms with Crippen molar-refractivity contribution in [1.29, 1.82) is 0 Å². The van der Waals surface area contributed by atoms with Gasteiger partial charge in [-0.25, -0.2) is 14.8 Å². The van der Waals surface area contributed by atoms with Crippen molar-refractivity contribution in [3.8, 4) is 5.88 Å². The maximum atomic E-state index is 11.9. The molecule has 0 aliphatic carbocycles. The van der Waals surface area contributed by atoms with Crippen molar-refractivity contribution in [2.45, 2.75) is 19.5 Å². The van der Waals surface area contributed by atoms with E-state index in [-0.39, 0.29) is 12.1 Å². The number of nitrogens with one attached hydrogen (secondary N) is 2. The number of urea groups is 1. The summed E-state index contributed by atoms with van der Waals surface area (Å²) < 4.78 is 6.71. The van der Waals surface area contributed by atoms with Crippen molar-refractivity contribution in [3.63, 3.8) is 0 Å². The van der Waals surface area contributed by atoms with Crippen molar-refractivity contribution in [3.05, 3.63) is 31.0 Å². The van der Waals surface area contributed by atoms with Crippen LogP contribution in [0.25, 0.3) is 0 Å². The maximum Gasteiger partial charge on any atom is 0.319 e. The van der Waals surface area contributed by atoms with E-state index in [9.17, 15) is 4.79 Å². The minimum Gasteiger partial charge on any atom is -0.480 e. The van der Waals surface area contributed by atoms with E-state index in [4.69, 9.17) is 4.74 Å². The van der Waals surface area contributed by atoms with Crippen LogP contribution in [0.3, 0.4) is 0 Å². The summed E-state index contributed by atoms with van der Waals surface area (Å²) >= 11 is 0. The molecule has 2 amide bonds. The first-order valence-corrected chi connectivity index (χ1v) is 6.08. The summed E-state index contributed by atoms with van der Waals surface area (Å²) in [6, 6.07) is 3.01. The Balaban J connectivity index is 1.88. The summed E-state index contributed by atoms with van der Waals surface area (Å²) in [5, 5.41) is 9.46. The second kappa shape index (κ2) is 6.50. The molecular weight excluding hydrogens is 260 g/mol. The summed E-state index contributed by atoms with van der Waals surface area (Å²) in [7, 11) is 1.50. The third kappa shape index (κ3) is 3.67. The second-order valence-electron chi connectivity index (χ2n) is 4.18. The molecule has 0 bridgehead atoms. The monoisotopic (exact) mass is 276 g/mol. The minimum absolute atomic E-state index is 0.0978. The molecular formula is C12H16N6O2. The average Bonchev–Trinajstić information content (AvgIpc) is 2.91. The Morgan fingerprint density at radius 2 is 2.40 bits per heavy atom. The van der Waals surface area contributed by atoms with Gasteiger partial charge in [-0.3, -0.25) is 4.68 Å². The lowest BCUT2D eigenvalue weighted by Gasteiger charge is -2.15. The van der Waals surface area contributed by atoms with Crippen LogP contribution in [-0.4, -0.2) is 38.9 Å². The van der Waals surface area contributed by atoms with Crippen LogP contribution in [0.2, 0.25) is 0 Å². The van der Waals surface area contributed by atoms with Gasteiger partial charge in [0.1, 0.15) is 18.3 Å². The largest absolute Gasteiger partial charge is 0.480 e. The van der Waals surface area contributed by atoms with Crippen molar-refractivity contribution in [2.24, 2.45) is 0 Å². The predicted octanol–water partition coefficient (Wildman–Crippen LogP) is 0.892. The highest BCUT2D eigenvalue weighted by Crippen LogP contribution is 2.19. The van der Waals surface area contributed by atoms with E-state index in [1.54, 1.807) is 29.3 Å². The zero-order chi connectivity index (χ0) is 14.4. The lowest BCUT2D eigenvalue weighted by molar-refractivity contribution is 0.247. The summed E-state index contributed by atoms with van der Waals surface area (Å²) in [4.78, 5) is 19.7. The van der Waals surface area contributed by atoms with E-state index < -0.39 is 0 Å². The number of hydrogen-bond donors (Lipinski definition) is 2. The minimum atomic E-state index is -0.330. The molecule has 0 radical (unpaired) electrons. The van der Waals surface area contributed by atoms with Crippen LogP contribution in [0.1, 0.15) is 6.92 Å². The fraction of sp³-hybridized carbons (Fsp3) is 0.333. The number of methoxy groups -OCH3 is 1. The predicted molar refractivity (Wildman–Crippen MR) is 72.4 cm³/mol. The van der Waals surface area contributed by atoms with E-state index in [2.05, 4.69) is 25.7 Å². The van der Waals surface area contributed by atoms with Crippen molar-refractivity contribution in [2.75, 3.05) is 12.4 Å². The number of rotatable bonds is 5. The van der Waals surface area contributed by atoms with E-state index in [0.717, 1.165) is 0 Å². The third-order valence-electron chi connectivity index (χ3n) is 2.52.